The molecule has 3 nitrogen and oxygen atoms in total. The van der Waals surface area contributed by atoms with Gasteiger partial charge in [0, 0.05) is 5.94 Å². The molecular formula is C28H50BNO2Si2. The fourth-order valence-corrected chi connectivity index (χ4v) is 18.0. The van der Waals surface area contributed by atoms with Crippen LogP contribution in [0.1, 0.15) is 69.8 Å². The summed E-state index contributed by atoms with van der Waals surface area (Å²) in [4.78, 5) is 0. The van der Waals surface area contributed by atoms with Crippen LogP contribution in [0.5, 0.6) is 0 Å². The van der Waals surface area contributed by atoms with Crippen molar-refractivity contribution < 1.29 is 9.31 Å². The second-order valence-corrected chi connectivity index (χ2v) is 23.4. The molecule has 6 heteroatoms. The molecule has 1 saturated heterocycles. The molecule has 3 atom stereocenters. The Labute approximate surface area is 212 Å². The number of nitrogens with zero attached hydrogens (tertiary/aromatic N) is 1. The predicted molar refractivity (Wildman–Crippen MR) is 151 cm³/mol. The van der Waals surface area contributed by atoms with Crippen molar-refractivity contribution in [2.45, 2.75) is 128 Å². The van der Waals surface area contributed by atoms with E-state index in [9.17, 15) is 0 Å². The van der Waals surface area contributed by atoms with Crippen LogP contribution >= 0.6 is 0 Å². The molecule has 0 aromatic heterocycles. The summed E-state index contributed by atoms with van der Waals surface area (Å²) in [5.74, 6) is 1.69. The maximum absolute atomic E-state index is 7.15. The van der Waals surface area contributed by atoms with E-state index in [1.165, 1.54) is 69.8 Å². The molecule has 2 saturated carbocycles. The SMILES string of the molecule is C[Si](C)(C)N([C@@H](Cc1ccccc1)B1OC(C2CCCCC2)[C@@H](C2CCCCC2)O1)[Si](C)(C)C. The summed E-state index contributed by atoms with van der Waals surface area (Å²) >= 11 is 0. The molecule has 3 fully saturated rings. The number of rotatable bonds is 8. The van der Waals surface area contributed by atoms with Gasteiger partial charge in [-0.1, -0.05) is 108 Å². The average Bonchev–Trinajstić information content (AvgIpc) is 3.24. The van der Waals surface area contributed by atoms with Crippen LogP contribution in [0.25, 0.3) is 0 Å². The van der Waals surface area contributed by atoms with E-state index in [0.29, 0.717) is 30.0 Å². The lowest BCUT2D eigenvalue weighted by Gasteiger charge is -2.49. The van der Waals surface area contributed by atoms with E-state index in [-0.39, 0.29) is 7.12 Å². The van der Waals surface area contributed by atoms with Gasteiger partial charge in [0.2, 0.25) is 0 Å². The van der Waals surface area contributed by atoms with Crippen molar-refractivity contribution in [1.82, 2.24) is 4.23 Å². The lowest BCUT2D eigenvalue weighted by Crippen LogP contribution is -2.67. The van der Waals surface area contributed by atoms with E-state index in [1.807, 2.05) is 0 Å². The third-order valence-electron chi connectivity index (χ3n) is 8.51. The maximum Gasteiger partial charge on any atom is 0.474 e. The minimum absolute atomic E-state index is 0.0995. The van der Waals surface area contributed by atoms with Gasteiger partial charge in [-0.25, -0.2) is 0 Å². The summed E-state index contributed by atoms with van der Waals surface area (Å²) in [6.45, 7) is 15.1. The molecule has 2 aliphatic carbocycles. The van der Waals surface area contributed by atoms with Crippen molar-refractivity contribution in [3.8, 4) is 0 Å². The van der Waals surface area contributed by atoms with E-state index in [1.54, 1.807) is 0 Å². The zero-order valence-corrected chi connectivity index (χ0v) is 24.9. The Kier molecular flexibility index (Phi) is 8.88. The van der Waals surface area contributed by atoms with Crippen LogP contribution in [-0.2, 0) is 15.7 Å². The van der Waals surface area contributed by atoms with Crippen LogP contribution in [-0.4, -0.2) is 46.0 Å². The molecule has 0 radical (unpaired) electrons. The molecule has 4 rings (SSSR count). The van der Waals surface area contributed by atoms with E-state index < -0.39 is 16.5 Å². The quantitative estimate of drug-likeness (QED) is 0.345. The second kappa shape index (κ2) is 11.3. The number of benzene rings is 1. The van der Waals surface area contributed by atoms with Gasteiger partial charge in [0.25, 0.3) is 0 Å². The molecule has 0 N–H and O–H groups in total. The van der Waals surface area contributed by atoms with E-state index in [0.717, 1.165) is 6.42 Å². The summed E-state index contributed by atoms with van der Waals surface area (Å²) in [6, 6.07) is 11.1. The van der Waals surface area contributed by atoms with Crippen LogP contribution in [0.3, 0.4) is 0 Å². The highest BCUT2D eigenvalue weighted by molar-refractivity contribution is 6.90. The summed E-state index contributed by atoms with van der Waals surface area (Å²) in [6.07, 6.45) is 15.2. The molecule has 0 amide bonds. The lowest BCUT2D eigenvalue weighted by atomic mass is 9.75. The monoisotopic (exact) mass is 499 g/mol. The molecule has 1 aromatic carbocycles. The average molecular weight is 500 g/mol. The third-order valence-corrected chi connectivity index (χ3v) is 16.1. The van der Waals surface area contributed by atoms with Gasteiger partial charge >= 0.3 is 7.12 Å². The van der Waals surface area contributed by atoms with Gasteiger partial charge in [0.1, 0.15) is 16.5 Å². The second-order valence-electron chi connectivity index (χ2n) is 13.3. The Balaban J connectivity index is 1.66. The van der Waals surface area contributed by atoms with Gasteiger partial charge in [-0.15, -0.1) is 0 Å². The van der Waals surface area contributed by atoms with Gasteiger partial charge in [0.15, 0.2) is 0 Å². The van der Waals surface area contributed by atoms with E-state index in [2.05, 4.69) is 73.8 Å². The van der Waals surface area contributed by atoms with Crippen LogP contribution in [0.15, 0.2) is 30.3 Å². The van der Waals surface area contributed by atoms with Crippen molar-refractivity contribution >= 4 is 23.6 Å². The van der Waals surface area contributed by atoms with Crippen LogP contribution in [0.2, 0.25) is 39.3 Å². The van der Waals surface area contributed by atoms with Gasteiger partial charge in [-0.2, -0.15) is 0 Å². The van der Waals surface area contributed by atoms with Gasteiger partial charge in [-0.3, -0.25) is 0 Å². The smallest absolute Gasteiger partial charge is 0.404 e. The van der Waals surface area contributed by atoms with Gasteiger partial charge in [0.05, 0.1) is 12.2 Å². The highest BCUT2D eigenvalue weighted by Gasteiger charge is 2.54. The summed E-state index contributed by atoms with van der Waals surface area (Å²) in [7, 11) is -3.29. The van der Waals surface area contributed by atoms with Crippen LogP contribution in [0.4, 0.5) is 0 Å². The first-order chi connectivity index (χ1) is 16.1. The summed E-state index contributed by atoms with van der Waals surface area (Å²) in [5.41, 5.74) is 1.41. The Morgan fingerprint density at radius 3 is 1.59 bits per heavy atom. The maximum atomic E-state index is 7.15. The molecule has 1 unspecified atom stereocenters. The van der Waals surface area contributed by atoms with Crippen molar-refractivity contribution in [2.75, 3.05) is 0 Å². The molecule has 190 valence electrons. The Morgan fingerprint density at radius 2 is 1.18 bits per heavy atom. The third kappa shape index (κ3) is 6.47. The minimum atomic E-state index is -1.59. The molecule has 1 aromatic rings. The first-order valence-electron chi connectivity index (χ1n) is 14.3. The predicted octanol–water partition coefficient (Wildman–Crippen LogP) is 7.54. The Bertz CT molecular complexity index is 714. The van der Waals surface area contributed by atoms with E-state index in [4.69, 9.17) is 9.31 Å². The number of hydrogen-bond donors (Lipinski definition) is 0. The normalized spacial score (nSPS) is 26.9. The van der Waals surface area contributed by atoms with Gasteiger partial charge in [-0.05, 0) is 49.5 Å². The summed E-state index contributed by atoms with van der Waals surface area (Å²) in [5, 5.41) is 0. The Morgan fingerprint density at radius 1 is 0.735 bits per heavy atom. The molecule has 1 aliphatic heterocycles. The highest BCUT2D eigenvalue weighted by atomic mass is 28.4. The molecule has 1 heterocycles. The first-order valence-corrected chi connectivity index (χ1v) is 21.2. The first kappa shape index (κ1) is 26.7. The van der Waals surface area contributed by atoms with Crippen molar-refractivity contribution in [3.05, 3.63) is 35.9 Å². The van der Waals surface area contributed by atoms with Crippen molar-refractivity contribution in [2.24, 2.45) is 11.8 Å². The minimum Gasteiger partial charge on any atom is -0.404 e. The molecular weight excluding hydrogens is 449 g/mol. The van der Waals surface area contributed by atoms with Crippen molar-refractivity contribution in [1.29, 1.82) is 0 Å². The zero-order chi connectivity index (χ0) is 24.3. The molecule has 0 spiro atoms. The van der Waals surface area contributed by atoms with E-state index >= 15 is 0 Å². The van der Waals surface area contributed by atoms with Crippen molar-refractivity contribution in [3.63, 3.8) is 0 Å². The molecule has 34 heavy (non-hydrogen) atoms. The fourth-order valence-electron chi connectivity index (χ4n) is 7.53. The zero-order valence-electron chi connectivity index (χ0n) is 22.9. The van der Waals surface area contributed by atoms with Gasteiger partial charge < -0.3 is 13.5 Å². The standard InChI is InChI=1S/C28H50BNO2Si2/c1-33(2,3)30(34(4,5)6)26(22-23-16-10-7-11-17-23)29-31-27(24-18-12-8-13-19-24)28(32-29)25-20-14-9-15-21-25/h7,10-11,16-17,24-28H,8-9,12-15,18-22H2,1-6H3/t26-,27+,28?/m0/s1. The topological polar surface area (TPSA) is 21.7 Å². The largest absolute Gasteiger partial charge is 0.474 e. The van der Waals surface area contributed by atoms with Crippen LogP contribution in [0, 0.1) is 11.8 Å². The van der Waals surface area contributed by atoms with Crippen LogP contribution < -0.4 is 0 Å². The number of hydrogen-bond acceptors (Lipinski definition) is 3. The lowest BCUT2D eigenvalue weighted by molar-refractivity contribution is 0.0324. The fraction of sp³-hybridized carbons (Fsp3) is 0.786. The highest BCUT2D eigenvalue weighted by Crippen LogP contribution is 2.42. The Hall–Kier alpha value is -0.401. The molecule has 3 aliphatic rings. The molecule has 0 bridgehead atoms. The summed E-state index contributed by atoms with van der Waals surface area (Å²) < 4.78 is 17.3.